The highest BCUT2D eigenvalue weighted by atomic mass is 16.3. The summed E-state index contributed by atoms with van der Waals surface area (Å²) in [6.07, 6.45) is 6.29. The van der Waals surface area contributed by atoms with E-state index in [0.29, 0.717) is 11.4 Å². The molecule has 1 aromatic carbocycles. The second kappa shape index (κ2) is 6.92. The number of hydrogen-bond donors (Lipinski definition) is 1. The second-order valence-electron chi connectivity index (χ2n) is 4.39. The SMILES string of the molecule is Cc1ccc(NC(=O)/C(C#N)=C\C=C\c2ccco2)cc1. The number of carbonyl (C=O) groups is 1. The van der Waals surface area contributed by atoms with Gasteiger partial charge in [0.25, 0.3) is 5.91 Å². The third-order valence-corrected chi connectivity index (χ3v) is 2.74. The summed E-state index contributed by atoms with van der Waals surface area (Å²) in [5.74, 6) is 0.216. The van der Waals surface area contributed by atoms with E-state index < -0.39 is 5.91 Å². The highest BCUT2D eigenvalue weighted by Crippen LogP contribution is 2.10. The van der Waals surface area contributed by atoms with Gasteiger partial charge in [0, 0.05) is 5.69 Å². The minimum atomic E-state index is -0.439. The molecule has 104 valence electrons. The Bertz CT molecular complexity index is 702. The van der Waals surface area contributed by atoms with Gasteiger partial charge in [0.15, 0.2) is 0 Å². The van der Waals surface area contributed by atoms with E-state index in [1.54, 1.807) is 42.7 Å². The molecular weight excluding hydrogens is 264 g/mol. The number of nitrogens with zero attached hydrogens (tertiary/aromatic N) is 1. The fourth-order valence-electron chi connectivity index (χ4n) is 1.62. The minimum absolute atomic E-state index is 0.0263. The van der Waals surface area contributed by atoms with Crippen LogP contribution in [0.25, 0.3) is 6.08 Å². The summed E-state index contributed by atoms with van der Waals surface area (Å²) in [7, 11) is 0. The van der Waals surface area contributed by atoms with Crippen molar-refractivity contribution in [1.29, 1.82) is 5.26 Å². The second-order valence-corrected chi connectivity index (χ2v) is 4.39. The standard InChI is InChI=1S/C17H14N2O2/c1-13-7-9-15(10-8-13)19-17(20)14(12-18)4-2-5-16-6-3-11-21-16/h2-11H,1H3,(H,19,20)/b5-2+,14-4-. The Kier molecular flexibility index (Phi) is 4.73. The molecule has 0 fully saturated rings. The number of nitrogens with one attached hydrogen (secondary N) is 1. The van der Waals surface area contributed by atoms with E-state index in [9.17, 15) is 4.79 Å². The number of anilines is 1. The van der Waals surface area contributed by atoms with Crippen molar-refractivity contribution in [3.63, 3.8) is 0 Å². The van der Waals surface area contributed by atoms with Gasteiger partial charge in [-0.25, -0.2) is 0 Å². The van der Waals surface area contributed by atoms with E-state index in [1.165, 1.54) is 6.08 Å². The monoisotopic (exact) mass is 278 g/mol. The maximum absolute atomic E-state index is 12.0. The van der Waals surface area contributed by atoms with E-state index in [2.05, 4.69) is 5.32 Å². The lowest BCUT2D eigenvalue weighted by Crippen LogP contribution is -2.13. The summed E-state index contributed by atoms with van der Waals surface area (Å²) in [6.45, 7) is 1.96. The van der Waals surface area contributed by atoms with E-state index in [0.717, 1.165) is 5.56 Å². The fraction of sp³-hybridized carbons (Fsp3) is 0.0588. The van der Waals surface area contributed by atoms with Crippen LogP contribution in [0.4, 0.5) is 5.69 Å². The fourth-order valence-corrected chi connectivity index (χ4v) is 1.62. The Labute approximate surface area is 123 Å². The van der Waals surface area contributed by atoms with Gasteiger partial charge in [-0.2, -0.15) is 5.26 Å². The number of amides is 1. The first-order valence-corrected chi connectivity index (χ1v) is 6.39. The largest absolute Gasteiger partial charge is 0.465 e. The summed E-state index contributed by atoms with van der Waals surface area (Å²) >= 11 is 0. The molecule has 21 heavy (non-hydrogen) atoms. The molecule has 0 aliphatic rings. The van der Waals surface area contributed by atoms with Gasteiger partial charge in [0.1, 0.15) is 17.4 Å². The zero-order valence-corrected chi connectivity index (χ0v) is 11.5. The lowest BCUT2D eigenvalue weighted by atomic mass is 10.2. The maximum atomic E-state index is 12.0. The summed E-state index contributed by atoms with van der Waals surface area (Å²) in [5, 5.41) is 11.7. The molecule has 0 saturated carbocycles. The van der Waals surface area contributed by atoms with Gasteiger partial charge < -0.3 is 9.73 Å². The van der Waals surface area contributed by atoms with Crippen LogP contribution in [0.15, 0.2) is 64.8 Å². The van der Waals surface area contributed by atoms with Crippen molar-refractivity contribution < 1.29 is 9.21 Å². The van der Waals surface area contributed by atoms with Crippen LogP contribution in [0.3, 0.4) is 0 Å². The van der Waals surface area contributed by atoms with Gasteiger partial charge in [-0.15, -0.1) is 0 Å². The van der Waals surface area contributed by atoms with Gasteiger partial charge in [-0.3, -0.25) is 4.79 Å². The molecule has 0 bridgehead atoms. The molecule has 0 atom stereocenters. The van der Waals surface area contributed by atoms with Crippen LogP contribution >= 0.6 is 0 Å². The quantitative estimate of drug-likeness (QED) is 0.527. The predicted molar refractivity (Wildman–Crippen MR) is 81.2 cm³/mol. The van der Waals surface area contributed by atoms with Crippen LogP contribution < -0.4 is 5.32 Å². The lowest BCUT2D eigenvalue weighted by Gasteiger charge is -2.03. The van der Waals surface area contributed by atoms with Crippen molar-refractivity contribution in [3.05, 3.63) is 71.7 Å². The topological polar surface area (TPSA) is 66.0 Å². The smallest absolute Gasteiger partial charge is 0.266 e. The van der Waals surface area contributed by atoms with Gasteiger partial charge in [-0.05, 0) is 43.3 Å². The molecule has 0 aliphatic heterocycles. The third-order valence-electron chi connectivity index (χ3n) is 2.74. The number of allylic oxidation sites excluding steroid dienone is 2. The Hall–Kier alpha value is -3.06. The van der Waals surface area contributed by atoms with Crippen LogP contribution in [-0.4, -0.2) is 5.91 Å². The Morgan fingerprint density at radius 1 is 1.29 bits per heavy atom. The maximum Gasteiger partial charge on any atom is 0.266 e. The Balaban J connectivity index is 2.04. The molecule has 1 N–H and O–H groups in total. The summed E-state index contributed by atoms with van der Waals surface area (Å²) in [5.41, 5.74) is 1.78. The first-order valence-electron chi connectivity index (χ1n) is 6.39. The first kappa shape index (κ1) is 14.4. The Morgan fingerprint density at radius 3 is 2.67 bits per heavy atom. The number of rotatable bonds is 4. The van der Waals surface area contributed by atoms with Crippen LogP contribution in [0, 0.1) is 18.3 Å². The van der Waals surface area contributed by atoms with Crippen molar-refractivity contribution >= 4 is 17.7 Å². The molecule has 2 rings (SSSR count). The predicted octanol–water partition coefficient (Wildman–Crippen LogP) is 3.69. The summed E-state index contributed by atoms with van der Waals surface area (Å²) in [6, 6.07) is 12.8. The number of hydrogen-bond acceptors (Lipinski definition) is 3. The van der Waals surface area contributed by atoms with E-state index in [1.807, 2.05) is 25.1 Å². The zero-order chi connectivity index (χ0) is 15.1. The van der Waals surface area contributed by atoms with Gasteiger partial charge in [0.05, 0.1) is 6.26 Å². The van der Waals surface area contributed by atoms with Crippen molar-refractivity contribution in [1.82, 2.24) is 0 Å². The average molecular weight is 278 g/mol. The van der Waals surface area contributed by atoms with Crippen LogP contribution in [0.5, 0.6) is 0 Å². The molecule has 0 spiro atoms. The zero-order valence-electron chi connectivity index (χ0n) is 11.5. The molecule has 0 radical (unpaired) electrons. The summed E-state index contributed by atoms with van der Waals surface area (Å²) in [4.78, 5) is 12.0. The lowest BCUT2D eigenvalue weighted by molar-refractivity contribution is -0.112. The van der Waals surface area contributed by atoms with Crippen LogP contribution in [0.1, 0.15) is 11.3 Å². The Morgan fingerprint density at radius 2 is 2.05 bits per heavy atom. The molecule has 1 aromatic heterocycles. The van der Waals surface area contributed by atoms with Crippen molar-refractivity contribution in [2.24, 2.45) is 0 Å². The van der Waals surface area contributed by atoms with Crippen molar-refractivity contribution in [2.45, 2.75) is 6.92 Å². The molecular formula is C17H14N2O2. The molecule has 0 unspecified atom stereocenters. The molecule has 1 heterocycles. The van der Waals surface area contributed by atoms with Crippen LogP contribution in [-0.2, 0) is 4.79 Å². The third kappa shape index (κ3) is 4.22. The van der Waals surface area contributed by atoms with Gasteiger partial charge >= 0.3 is 0 Å². The molecule has 4 heteroatoms. The number of carbonyl (C=O) groups excluding carboxylic acids is 1. The van der Waals surface area contributed by atoms with Crippen molar-refractivity contribution in [3.8, 4) is 6.07 Å². The summed E-state index contributed by atoms with van der Waals surface area (Å²) < 4.78 is 5.12. The van der Waals surface area contributed by atoms with Crippen LogP contribution in [0.2, 0.25) is 0 Å². The van der Waals surface area contributed by atoms with E-state index in [-0.39, 0.29) is 5.57 Å². The molecule has 2 aromatic rings. The molecule has 1 amide bonds. The molecule has 4 nitrogen and oxygen atoms in total. The number of furan rings is 1. The van der Waals surface area contributed by atoms with Gasteiger partial charge in [0.2, 0.25) is 0 Å². The van der Waals surface area contributed by atoms with Gasteiger partial charge in [-0.1, -0.05) is 23.8 Å². The molecule has 0 aliphatic carbocycles. The number of aryl methyl sites for hydroxylation is 1. The average Bonchev–Trinajstić information content (AvgIpc) is 2.99. The molecule has 0 saturated heterocycles. The minimum Gasteiger partial charge on any atom is -0.465 e. The van der Waals surface area contributed by atoms with E-state index in [4.69, 9.17) is 9.68 Å². The van der Waals surface area contributed by atoms with E-state index >= 15 is 0 Å². The highest BCUT2D eigenvalue weighted by Gasteiger charge is 2.07. The first-order chi connectivity index (χ1) is 10.2. The number of nitriles is 1. The highest BCUT2D eigenvalue weighted by molar-refractivity contribution is 6.06. The van der Waals surface area contributed by atoms with Crippen molar-refractivity contribution in [2.75, 3.05) is 5.32 Å². The number of benzene rings is 1. The normalized spacial score (nSPS) is 11.3.